The highest BCUT2D eigenvalue weighted by Gasteiger charge is 2.46. The summed E-state index contributed by atoms with van der Waals surface area (Å²) in [6.07, 6.45) is 7.16. The number of para-hydroxylation sites is 1. The van der Waals surface area contributed by atoms with Gasteiger partial charge in [0.25, 0.3) is 0 Å². The van der Waals surface area contributed by atoms with E-state index < -0.39 is 30.0 Å². The summed E-state index contributed by atoms with van der Waals surface area (Å²) >= 11 is 0. The molecule has 0 saturated heterocycles. The van der Waals surface area contributed by atoms with Gasteiger partial charge in [0.05, 0.1) is 12.5 Å². The number of rotatable bonds is 12. The SMILES string of the molecule is CCOC(=O)C(CCCC1(N(C=O)[C@@H]2CCc3ccccc3N(CC(=O)O)C2=O)CCCC1)c1ccccc1. The average molecular weight is 535 g/mol. The third-order valence-electron chi connectivity index (χ3n) is 8.25. The molecular weight excluding hydrogens is 496 g/mol. The molecule has 4 rings (SSSR count). The number of amides is 2. The first-order valence-electron chi connectivity index (χ1n) is 14.0. The zero-order valence-corrected chi connectivity index (χ0v) is 22.6. The molecule has 8 nitrogen and oxygen atoms in total. The Kier molecular flexibility index (Phi) is 9.38. The van der Waals surface area contributed by atoms with Crippen molar-refractivity contribution in [1.29, 1.82) is 0 Å². The Morgan fingerprint density at radius 2 is 1.82 bits per heavy atom. The average Bonchev–Trinajstić information content (AvgIpc) is 3.37. The van der Waals surface area contributed by atoms with E-state index in [2.05, 4.69) is 0 Å². The van der Waals surface area contributed by atoms with Gasteiger partial charge < -0.3 is 14.7 Å². The van der Waals surface area contributed by atoms with Gasteiger partial charge in [0.15, 0.2) is 0 Å². The van der Waals surface area contributed by atoms with E-state index in [9.17, 15) is 24.3 Å². The van der Waals surface area contributed by atoms with Crippen LogP contribution in [-0.2, 0) is 30.3 Å². The first-order valence-corrected chi connectivity index (χ1v) is 14.0. The standard InChI is InChI=1S/C31H38N2O6/c1-2-39-30(38)25(23-11-4-3-5-12-23)14-10-20-31(18-8-9-19-31)33(22-34)27-17-16-24-13-6-7-15-26(24)32(29(27)37)21-28(35)36/h3-7,11-13,15,22,25,27H,2,8-10,14,16-21H2,1H3,(H,35,36)/t25?,27-/m1/s1. The Hall–Kier alpha value is -3.68. The second-order valence-corrected chi connectivity index (χ2v) is 10.6. The molecule has 1 fully saturated rings. The topological polar surface area (TPSA) is 104 Å². The summed E-state index contributed by atoms with van der Waals surface area (Å²) < 4.78 is 5.37. The fraction of sp³-hybridized carbons (Fsp3) is 0.484. The van der Waals surface area contributed by atoms with E-state index in [4.69, 9.17) is 4.74 Å². The summed E-state index contributed by atoms with van der Waals surface area (Å²) in [4.78, 5) is 54.1. The largest absolute Gasteiger partial charge is 0.480 e. The van der Waals surface area contributed by atoms with Gasteiger partial charge in [-0.25, -0.2) is 0 Å². The normalized spacial score (nSPS) is 19.1. The van der Waals surface area contributed by atoms with Gasteiger partial charge in [0.2, 0.25) is 12.3 Å². The third-order valence-corrected chi connectivity index (χ3v) is 8.25. The number of carbonyl (C=O) groups is 4. The number of hydrogen-bond donors (Lipinski definition) is 1. The second kappa shape index (κ2) is 12.9. The minimum absolute atomic E-state index is 0.252. The second-order valence-electron chi connectivity index (χ2n) is 10.6. The van der Waals surface area contributed by atoms with Gasteiger partial charge in [0, 0.05) is 11.2 Å². The van der Waals surface area contributed by atoms with Crippen LogP contribution < -0.4 is 4.90 Å². The molecule has 1 N–H and O–H groups in total. The molecule has 1 saturated carbocycles. The van der Waals surface area contributed by atoms with Crippen LogP contribution in [0.1, 0.15) is 75.3 Å². The number of esters is 1. The molecule has 1 aliphatic carbocycles. The van der Waals surface area contributed by atoms with Gasteiger partial charge in [-0.15, -0.1) is 0 Å². The highest BCUT2D eigenvalue weighted by Crippen LogP contribution is 2.42. The maximum atomic E-state index is 13.9. The lowest BCUT2D eigenvalue weighted by Crippen LogP contribution is -2.57. The summed E-state index contributed by atoms with van der Waals surface area (Å²) in [5, 5.41) is 9.58. The number of hydrogen-bond acceptors (Lipinski definition) is 5. The third kappa shape index (κ3) is 6.32. The Morgan fingerprint density at radius 3 is 2.49 bits per heavy atom. The Morgan fingerprint density at radius 1 is 1.13 bits per heavy atom. The van der Waals surface area contributed by atoms with Crippen molar-refractivity contribution in [2.75, 3.05) is 18.1 Å². The van der Waals surface area contributed by atoms with E-state index in [0.29, 0.717) is 44.4 Å². The van der Waals surface area contributed by atoms with Crippen LogP contribution >= 0.6 is 0 Å². The van der Waals surface area contributed by atoms with E-state index in [1.165, 1.54) is 4.90 Å². The van der Waals surface area contributed by atoms with Crippen LogP contribution in [0.2, 0.25) is 0 Å². The van der Waals surface area contributed by atoms with Crippen molar-refractivity contribution in [2.24, 2.45) is 0 Å². The number of carbonyl (C=O) groups excluding carboxylic acids is 3. The van der Waals surface area contributed by atoms with Crippen molar-refractivity contribution < 1.29 is 29.0 Å². The molecule has 0 bridgehead atoms. The number of benzene rings is 2. The Labute approximate surface area is 229 Å². The molecule has 0 radical (unpaired) electrons. The highest BCUT2D eigenvalue weighted by molar-refractivity contribution is 6.02. The maximum absolute atomic E-state index is 13.9. The van der Waals surface area contributed by atoms with Gasteiger partial charge in [-0.2, -0.15) is 0 Å². The van der Waals surface area contributed by atoms with Crippen LogP contribution in [0.25, 0.3) is 0 Å². The van der Waals surface area contributed by atoms with Crippen molar-refractivity contribution in [3.8, 4) is 0 Å². The molecule has 2 aliphatic rings. The number of nitrogens with zero attached hydrogens (tertiary/aromatic N) is 2. The predicted molar refractivity (Wildman–Crippen MR) is 147 cm³/mol. The van der Waals surface area contributed by atoms with E-state index >= 15 is 0 Å². The van der Waals surface area contributed by atoms with Crippen molar-refractivity contribution >= 4 is 29.9 Å². The number of ether oxygens (including phenoxy) is 1. The minimum Gasteiger partial charge on any atom is -0.480 e. The quantitative estimate of drug-likeness (QED) is 0.313. The van der Waals surface area contributed by atoms with Crippen molar-refractivity contribution in [1.82, 2.24) is 4.90 Å². The van der Waals surface area contributed by atoms with E-state index in [1.807, 2.05) is 42.5 Å². The number of carboxylic acid groups (broad SMARTS) is 1. The zero-order chi connectivity index (χ0) is 27.8. The molecule has 1 unspecified atom stereocenters. The zero-order valence-electron chi connectivity index (χ0n) is 22.6. The molecule has 2 aromatic rings. The van der Waals surface area contributed by atoms with Crippen molar-refractivity contribution in [3.05, 3.63) is 65.7 Å². The van der Waals surface area contributed by atoms with Crippen LogP contribution in [-0.4, -0.2) is 59.0 Å². The van der Waals surface area contributed by atoms with Gasteiger partial charge in [-0.3, -0.25) is 24.1 Å². The summed E-state index contributed by atoms with van der Waals surface area (Å²) in [6, 6.07) is 16.2. The summed E-state index contributed by atoms with van der Waals surface area (Å²) in [7, 11) is 0. The molecule has 0 aromatic heterocycles. The van der Waals surface area contributed by atoms with E-state index in [1.54, 1.807) is 24.0 Å². The van der Waals surface area contributed by atoms with Gasteiger partial charge in [0.1, 0.15) is 12.6 Å². The number of aliphatic carboxylic acids is 1. The molecule has 2 amide bonds. The fourth-order valence-electron chi connectivity index (χ4n) is 6.43. The van der Waals surface area contributed by atoms with Crippen LogP contribution in [0.3, 0.4) is 0 Å². The number of aryl methyl sites for hydroxylation is 1. The Balaban J connectivity index is 1.57. The Bertz CT molecular complexity index is 1160. The number of anilines is 1. The van der Waals surface area contributed by atoms with Crippen LogP contribution in [0, 0.1) is 0 Å². The van der Waals surface area contributed by atoms with Gasteiger partial charge in [-0.05, 0) is 69.1 Å². The van der Waals surface area contributed by atoms with Gasteiger partial charge in [-0.1, -0.05) is 61.4 Å². The molecule has 1 heterocycles. The van der Waals surface area contributed by atoms with Crippen LogP contribution in [0.5, 0.6) is 0 Å². The van der Waals surface area contributed by atoms with Crippen molar-refractivity contribution in [2.45, 2.75) is 82.2 Å². The molecule has 208 valence electrons. The molecule has 39 heavy (non-hydrogen) atoms. The molecule has 2 aromatic carbocycles. The highest BCUT2D eigenvalue weighted by atomic mass is 16.5. The van der Waals surface area contributed by atoms with E-state index in [-0.39, 0.29) is 11.9 Å². The lowest BCUT2D eigenvalue weighted by molar-refractivity contribution is -0.145. The lowest BCUT2D eigenvalue weighted by atomic mass is 9.84. The fourth-order valence-corrected chi connectivity index (χ4v) is 6.43. The van der Waals surface area contributed by atoms with E-state index in [0.717, 1.165) is 43.2 Å². The predicted octanol–water partition coefficient (Wildman–Crippen LogP) is 4.71. The van der Waals surface area contributed by atoms with Gasteiger partial charge >= 0.3 is 11.9 Å². The summed E-state index contributed by atoms with van der Waals surface area (Å²) in [6.45, 7) is 1.65. The maximum Gasteiger partial charge on any atom is 0.323 e. The summed E-state index contributed by atoms with van der Waals surface area (Å²) in [5.74, 6) is -2.10. The van der Waals surface area contributed by atoms with Crippen molar-refractivity contribution in [3.63, 3.8) is 0 Å². The molecule has 8 heteroatoms. The number of carboxylic acids is 1. The minimum atomic E-state index is -1.10. The first-order chi connectivity index (χ1) is 18.9. The lowest BCUT2D eigenvalue weighted by Gasteiger charge is -2.44. The first kappa shape index (κ1) is 28.3. The molecular formula is C31H38N2O6. The molecule has 0 spiro atoms. The van der Waals surface area contributed by atoms with Crippen LogP contribution in [0.15, 0.2) is 54.6 Å². The number of fused-ring (bicyclic) bond motifs is 1. The molecule has 2 atom stereocenters. The monoisotopic (exact) mass is 534 g/mol. The molecule has 1 aliphatic heterocycles. The summed E-state index contributed by atoms with van der Waals surface area (Å²) in [5.41, 5.74) is 1.90. The van der Waals surface area contributed by atoms with Crippen LogP contribution in [0.4, 0.5) is 5.69 Å². The smallest absolute Gasteiger partial charge is 0.323 e.